The zero-order chi connectivity index (χ0) is 13.4. The number of hydrogen-bond donors (Lipinski definition) is 2. The second kappa shape index (κ2) is 7.39. The van der Waals surface area contributed by atoms with Gasteiger partial charge >= 0.3 is 0 Å². The molecule has 1 aromatic carbocycles. The normalized spacial score (nSPS) is 10.1. The van der Waals surface area contributed by atoms with Gasteiger partial charge in [0.05, 0.1) is 11.3 Å². The molecule has 6 nitrogen and oxygen atoms in total. The predicted octanol–water partition coefficient (Wildman–Crippen LogP) is 0.992. The summed E-state index contributed by atoms with van der Waals surface area (Å²) in [6.07, 6.45) is 1.70. The van der Waals surface area contributed by atoms with Crippen molar-refractivity contribution in [2.24, 2.45) is 5.73 Å². The number of nitrogens with two attached hydrogens (primary N) is 1. The van der Waals surface area contributed by atoms with Gasteiger partial charge in [-0.05, 0) is 19.4 Å². The third-order valence-corrected chi connectivity index (χ3v) is 2.49. The molecule has 3 N–H and O–H groups in total. The van der Waals surface area contributed by atoms with Gasteiger partial charge < -0.3 is 11.1 Å². The Bertz CT molecular complexity index is 421. The first-order valence-corrected chi connectivity index (χ1v) is 5.84. The second-order valence-electron chi connectivity index (χ2n) is 3.91. The van der Waals surface area contributed by atoms with Crippen LogP contribution >= 0.6 is 0 Å². The van der Waals surface area contributed by atoms with Gasteiger partial charge in [0, 0.05) is 18.2 Å². The fourth-order valence-electron chi connectivity index (χ4n) is 1.57. The molecule has 18 heavy (non-hydrogen) atoms. The van der Waals surface area contributed by atoms with E-state index in [-0.39, 0.29) is 18.0 Å². The van der Waals surface area contributed by atoms with Gasteiger partial charge in [-0.3, -0.25) is 14.9 Å². The number of hydrogen-bond acceptors (Lipinski definition) is 4. The highest BCUT2D eigenvalue weighted by molar-refractivity contribution is 5.79. The second-order valence-corrected chi connectivity index (χ2v) is 3.91. The van der Waals surface area contributed by atoms with E-state index in [1.807, 2.05) is 0 Å². The van der Waals surface area contributed by atoms with E-state index in [2.05, 4.69) is 5.32 Å². The largest absolute Gasteiger partial charge is 0.356 e. The summed E-state index contributed by atoms with van der Waals surface area (Å²) >= 11 is 0. The maximum atomic E-state index is 11.6. The van der Waals surface area contributed by atoms with Gasteiger partial charge in [-0.15, -0.1) is 0 Å². The number of nitrogens with zero attached hydrogens (tertiary/aromatic N) is 1. The lowest BCUT2D eigenvalue weighted by molar-refractivity contribution is -0.385. The number of unbranched alkanes of at least 4 members (excludes halogenated alkanes) is 1. The van der Waals surface area contributed by atoms with Crippen molar-refractivity contribution in [3.8, 4) is 0 Å². The lowest BCUT2D eigenvalue weighted by Crippen LogP contribution is -2.26. The molecule has 0 aliphatic carbocycles. The first kappa shape index (κ1) is 14.1. The zero-order valence-corrected chi connectivity index (χ0v) is 10.1. The molecular weight excluding hydrogens is 234 g/mol. The molecule has 0 saturated carbocycles. The Labute approximate surface area is 105 Å². The van der Waals surface area contributed by atoms with E-state index in [0.717, 1.165) is 12.8 Å². The number of carbonyl (C=O) groups is 1. The number of para-hydroxylation sites is 1. The van der Waals surface area contributed by atoms with E-state index in [1.165, 1.54) is 6.07 Å². The summed E-state index contributed by atoms with van der Waals surface area (Å²) < 4.78 is 0. The minimum absolute atomic E-state index is 0.0189. The third kappa shape index (κ3) is 4.50. The number of nitrogens with one attached hydrogen (secondary N) is 1. The van der Waals surface area contributed by atoms with Crippen molar-refractivity contribution in [1.29, 1.82) is 0 Å². The van der Waals surface area contributed by atoms with Crippen LogP contribution in [0.1, 0.15) is 18.4 Å². The molecule has 0 saturated heterocycles. The van der Waals surface area contributed by atoms with Crippen molar-refractivity contribution in [2.75, 3.05) is 13.1 Å². The van der Waals surface area contributed by atoms with Crippen LogP contribution in [0.25, 0.3) is 0 Å². The Hall–Kier alpha value is -1.95. The van der Waals surface area contributed by atoms with E-state index in [9.17, 15) is 14.9 Å². The summed E-state index contributed by atoms with van der Waals surface area (Å²) in [4.78, 5) is 21.9. The molecule has 98 valence electrons. The molecule has 1 amide bonds. The van der Waals surface area contributed by atoms with Gasteiger partial charge in [0.1, 0.15) is 0 Å². The molecule has 1 aromatic rings. The maximum absolute atomic E-state index is 11.6. The molecule has 1 rings (SSSR count). The number of carbonyl (C=O) groups excluding carboxylic acids is 1. The summed E-state index contributed by atoms with van der Waals surface area (Å²) in [5, 5.41) is 13.5. The molecular formula is C12H17N3O3. The summed E-state index contributed by atoms with van der Waals surface area (Å²) in [7, 11) is 0. The number of amides is 1. The van der Waals surface area contributed by atoms with Gasteiger partial charge in [0.2, 0.25) is 5.91 Å². The van der Waals surface area contributed by atoms with Crippen molar-refractivity contribution in [2.45, 2.75) is 19.3 Å². The molecule has 0 unspecified atom stereocenters. The van der Waals surface area contributed by atoms with E-state index in [4.69, 9.17) is 5.73 Å². The van der Waals surface area contributed by atoms with Crippen LogP contribution in [-0.4, -0.2) is 23.9 Å². The average Bonchev–Trinajstić information content (AvgIpc) is 2.35. The van der Waals surface area contributed by atoms with Gasteiger partial charge in [-0.1, -0.05) is 18.2 Å². The third-order valence-electron chi connectivity index (χ3n) is 2.49. The maximum Gasteiger partial charge on any atom is 0.273 e. The fourth-order valence-corrected chi connectivity index (χ4v) is 1.57. The van der Waals surface area contributed by atoms with Gasteiger partial charge in [0.15, 0.2) is 0 Å². The molecule has 6 heteroatoms. The highest BCUT2D eigenvalue weighted by Crippen LogP contribution is 2.17. The number of nitro benzene ring substituents is 1. The van der Waals surface area contributed by atoms with Crippen molar-refractivity contribution < 1.29 is 9.72 Å². The first-order valence-electron chi connectivity index (χ1n) is 5.84. The molecule has 0 bridgehead atoms. The molecule has 0 atom stereocenters. The summed E-state index contributed by atoms with van der Waals surface area (Å²) in [6, 6.07) is 6.26. The molecule has 0 fully saturated rings. The van der Waals surface area contributed by atoms with Crippen LogP contribution < -0.4 is 11.1 Å². The van der Waals surface area contributed by atoms with E-state index in [0.29, 0.717) is 18.7 Å². The number of rotatable bonds is 7. The molecule has 0 aliphatic heterocycles. The zero-order valence-electron chi connectivity index (χ0n) is 10.1. The van der Waals surface area contributed by atoms with Crippen molar-refractivity contribution >= 4 is 11.6 Å². The molecule has 0 heterocycles. The predicted molar refractivity (Wildman–Crippen MR) is 68.1 cm³/mol. The minimum atomic E-state index is -0.475. The van der Waals surface area contributed by atoms with Crippen LogP contribution in [0.15, 0.2) is 24.3 Å². The van der Waals surface area contributed by atoms with Crippen LogP contribution in [0.3, 0.4) is 0 Å². The Kier molecular flexibility index (Phi) is 5.79. The molecule has 0 radical (unpaired) electrons. The summed E-state index contributed by atoms with van der Waals surface area (Å²) in [5.41, 5.74) is 5.75. The van der Waals surface area contributed by atoms with Crippen LogP contribution in [0.2, 0.25) is 0 Å². The number of benzene rings is 1. The summed E-state index contributed by atoms with van der Waals surface area (Å²) in [6.45, 7) is 1.15. The van der Waals surface area contributed by atoms with E-state index < -0.39 is 4.92 Å². The van der Waals surface area contributed by atoms with E-state index >= 15 is 0 Å². The molecule has 0 aromatic heterocycles. The Morgan fingerprint density at radius 3 is 2.72 bits per heavy atom. The van der Waals surface area contributed by atoms with Crippen molar-refractivity contribution in [1.82, 2.24) is 5.32 Å². The molecule has 0 aliphatic rings. The SMILES string of the molecule is NCCCCNC(=O)Cc1ccccc1[N+](=O)[O-]. The average molecular weight is 251 g/mol. The topological polar surface area (TPSA) is 98.3 Å². The highest BCUT2D eigenvalue weighted by atomic mass is 16.6. The first-order chi connectivity index (χ1) is 8.65. The van der Waals surface area contributed by atoms with Crippen molar-refractivity contribution in [3.63, 3.8) is 0 Å². The summed E-state index contributed by atoms with van der Waals surface area (Å²) in [5.74, 6) is -0.207. The Morgan fingerprint density at radius 2 is 2.06 bits per heavy atom. The lowest BCUT2D eigenvalue weighted by Gasteiger charge is -2.05. The lowest BCUT2D eigenvalue weighted by atomic mass is 10.1. The van der Waals surface area contributed by atoms with Gasteiger partial charge in [-0.2, -0.15) is 0 Å². The molecule has 0 spiro atoms. The van der Waals surface area contributed by atoms with Crippen LogP contribution in [0.4, 0.5) is 5.69 Å². The smallest absolute Gasteiger partial charge is 0.273 e. The minimum Gasteiger partial charge on any atom is -0.356 e. The van der Waals surface area contributed by atoms with Crippen LogP contribution in [0, 0.1) is 10.1 Å². The Morgan fingerprint density at radius 1 is 1.33 bits per heavy atom. The van der Waals surface area contributed by atoms with Crippen LogP contribution in [0.5, 0.6) is 0 Å². The standard InChI is InChI=1S/C12H17N3O3/c13-7-3-4-8-14-12(16)9-10-5-1-2-6-11(10)15(17)18/h1-2,5-6H,3-4,7-9,13H2,(H,14,16). The quantitative estimate of drug-likeness (QED) is 0.429. The fraction of sp³-hybridized carbons (Fsp3) is 0.417. The van der Waals surface area contributed by atoms with Gasteiger partial charge in [0.25, 0.3) is 5.69 Å². The number of nitro groups is 1. The monoisotopic (exact) mass is 251 g/mol. The van der Waals surface area contributed by atoms with Crippen LogP contribution in [-0.2, 0) is 11.2 Å². The van der Waals surface area contributed by atoms with Gasteiger partial charge in [-0.25, -0.2) is 0 Å². The Balaban J connectivity index is 2.51. The van der Waals surface area contributed by atoms with E-state index in [1.54, 1.807) is 18.2 Å². The van der Waals surface area contributed by atoms with Crippen molar-refractivity contribution in [3.05, 3.63) is 39.9 Å². The highest BCUT2D eigenvalue weighted by Gasteiger charge is 2.14.